The van der Waals surface area contributed by atoms with Crippen LogP contribution in [0.15, 0.2) is 11.2 Å². The Hall–Kier alpha value is -1.95. The highest BCUT2D eigenvalue weighted by atomic mass is 35.5. The molecule has 0 aliphatic carbocycles. The van der Waals surface area contributed by atoms with E-state index in [0.29, 0.717) is 17.0 Å². The first-order valence-corrected chi connectivity index (χ1v) is 5.39. The van der Waals surface area contributed by atoms with E-state index in [1.54, 1.807) is 14.0 Å². The monoisotopic (exact) mass is 268 g/mol. The molecular weight excluding hydrogens is 256 g/mol. The number of nitrogens with two attached hydrogens (primary N) is 1. The second kappa shape index (κ2) is 6.11. The summed E-state index contributed by atoms with van der Waals surface area (Å²) in [5, 5.41) is 0.0269. The van der Waals surface area contributed by atoms with Gasteiger partial charge in [-0.25, -0.2) is 14.8 Å². The lowest BCUT2D eigenvalue weighted by Crippen LogP contribution is -2.12. The zero-order chi connectivity index (χ0) is 13.7. The van der Waals surface area contributed by atoms with Gasteiger partial charge in [0.1, 0.15) is 5.56 Å². The lowest BCUT2D eigenvalue weighted by atomic mass is 10.1. The standard InChI is InChI=1S/C11H13ClN4O2/c1-6-8(10(17)18-3)9(16-11(12)15-6)7(4-13)5-14-2/h4-5H,13H2,1-3H3. The summed E-state index contributed by atoms with van der Waals surface area (Å²) >= 11 is 5.78. The van der Waals surface area contributed by atoms with Crippen LogP contribution in [0.4, 0.5) is 0 Å². The summed E-state index contributed by atoms with van der Waals surface area (Å²) in [4.78, 5) is 23.5. The van der Waals surface area contributed by atoms with Crippen molar-refractivity contribution in [2.45, 2.75) is 6.92 Å². The fraction of sp³-hybridized carbons (Fsp3) is 0.273. The molecular formula is C11H13ClN4O2. The van der Waals surface area contributed by atoms with Crippen LogP contribution >= 0.6 is 11.6 Å². The second-order valence-corrected chi connectivity index (χ2v) is 3.64. The number of carbonyl (C=O) groups excluding carboxylic acids is 1. The predicted molar refractivity (Wildman–Crippen MR) is 69.7 cm³/mol. The van der Waals surface area contributed by atoms with Crippen molar-refractivity contribution in [2.75, 3.05) is 14.2 Å². The van der Waals surface area contributed by atoms with Crippen LogP contribution in [-0.4, -0.2) is 36.3 Å². The van der Waals surface area contributed by atoms with Crippen LogP contribution in [0.5, 0.6) is 0 Å². The Morgan fingerprint density at radius 2 is 2.17 bits per heavy atom. The summed E-state index contributed by atoms with van der Waals surface area (Å²) in [6.07, 6.45) is 2.77. The lowest BCUT2D eigenvalue weighted by molar-refractivity contribution is 0.0598. The summed E-state index contributed by atoms with van der Waals surface area (Å²) in [6, 6.07) is 0. The number of halogens is 1. The van der Waals surface area contributed by atoms with Gasteiger partial charge >= 0.3 is 5.97 Å². The molecule has 6 nitrogen and oxygen atoms in total. The van der Waals surface area contributed by atoms with Crippen molar-refractivity contribution >= 4 is 29.4 Å². The smallest absolute Gasteiger partial charge is 0.341 e. The molecule has 0 fully saturated rings. The van der Waals surface area contributed by atoms with E-state index in [0.717, 1.165) is 0 Å². The molecule has 1 aromatic heterocycles. The predicted octanol–water partition coefficient (Wildman–Crippen LogP) is 1.23. The maximum absolute atomic E-state index is 11.7. The summed E-state index contributed by atoms with van der Waals surface area (Å²) in [6.45, 7) is 1.64. The maximum Gasteiger partial charge on any atom is 0.341 e. The van der Waals surface area contributed by atoms with E-state index in [9.17, 15) is 4.79 Å². The topological polar surface area (TPSA) is 90.5 Å². The van der Waals surface area contributed by atoms with Gasteiger partial charge in [0.25, 0.3) is 0 Å². The molecule has 0 radical (unpaired) electrons. The van der Waals surface area contributed by atoms with E-state index < -0.39 is 5.97 Å². The minimum absolute atomic E-state index is 0.0269. The van der Waals surface area contributed by atoms with Crippen LogP contribution in [0.25, 0.3) is 5.57 Å². The van der Waals surface area contributed by atoms with Gasteiger partial charge in [0.2, 0.25) is 5.28 Å². The molecule has 1 heterocycles. The Kier molecular flexibility index (Phi) is 4.79. The number of carbonyl (C=O) groups is 1. The van der Waals surface area contributed by atoms with Gasteiger partial charge in [0.05, 0.1) is 18.5 Å². The average Bonchev–Trinajstić information content (AvgIpc) is 2.34. The van der Waals surface area contributed by atoms with E-state index in [1.165, 1.54) is 19.5 Å². The van der Waals surface area contributed by atoms with Crippen molar-refractivity contribution in [3.05, 3.63) is 28.4 Å². The van der Waals surface area contributed by atoms with E-state index in [-0.39, 0.29) is 10.8 Å². The Morgan fingerprint density at radius 3 is 2.67 bits per heavy atom. The SMILES string of the molecule is CN=CC(=CN)c1nc(Cl)nc(C)c1C(=O)OC. The number of nitrogens with zero attached hydrogens (tertiary/aromatic N) is 3. The maximum atomic E-state index is 11.7. The van der Waals surface area contributed by atoms with Gasteiger partial charge in [-0.2, -0.15) is 0 Å². The number of methoxy groups -OCH3 is 1. The number of aryl methyl sites for hydroxylation is 1. The Labute approximate surface area is 110 Å². The summed E-state index contributed by atoms with van der Waals surface area (Å²) in [5.74, 6) is -0.553. The zero-order valence-electron chi connectivity index (χ0n) is 10.3. The van der Waals surface area contributed by atoms with Crippen molar-refractivity contribution in [3.8, 4) is 0 Å². The fourth-order valence-electron chi connectivity index (χ4n) is 1.42. The Bertz CT molecular complexity index is 526. The van der Waals surface area contributed by atoms with E-state index in [2.05, 4.69) is 15.0 Å². The van der Waals surface area contributed by atoms with Crippen LogP contribution in [-0.2, 0) is 4.74 Å². The molecule has 0 bridgehead atoms. The van der Waals surface area contributed by atoms with Gasteiger partial charge in [-0.1, -0.05) is 0 Å². The van der Waals surface area contributed by atoms with E-state index >= 15 is 0 Å². The minimum Gasteiger partial charge on any atom is -0.465 e. The Morgan fingerprint density at radius 1 is 1.50 bits per heavy atom. The van der Waals surface area contributed by atoms with Gasteiger partial charge < -0.3 is 10.5 Å². The first-order chi connectivity index (χ1) is 8.54. The minimum atomic E-state index is -0.553. The quantitative estimate of drug-likeness (QED) is 0.506. The van der Waals surface area contributed by atoms with E-state index in [4.69, 9.17) is 22.1 Å². The summed E-state index contributed by atoms with van der Waals surface area (Å²) in [7, 11) is 2.86. The summed E-state index contributed by atoms with van der Waals surface area (Å²) < 4.78 is 4.70. The van der Waals surface area contributed by atoms with Crippen molar-refractivity contribution in [1.29, 1.82) is 0 Å². The van der Waals surface area contributed by atoms with Crippen molar-refractivity contribution in [2.24, 2.45) is 10.7 Å². The molecule has 0 aliphatic heterocycles. The first kappa shape index (κ1) is 14.1. The normalized spacial score (nSPS) is 11.9. The molecule has 0 unspecified atom stereocenters. The third kappa shape index (κ3) is 2.84. The average molecular weight is 269 g/mol. The molecule has 7 heteroatoms. The molecule has 1 aromatic rings. The number of hydrogen-bond acceptors (Lipinski definition) is 6. The van der Waals surface area contributed by atoms with Crippen LogP contribution in [0.3, 0.4) is 0 Å². The first-order valence-electron chi connectivity index (χ1n) is 5.02. The van der Waals surface area contributed by atoms with Crippen molar-refractivity contribution in [1.82, 2.24) is 9.97 Å². The van der Waals surface area contributed by atoms with Crippen molar-refractivity contribution < 1.29 is 9.53 Å². The third-order valence-electron chi connectivity index (χ3n) is 2.17. The molecule has 0 atom stereocenters. The largest absolute Gasteiger partial charge is 0.465 e. The molecule has 2 N–H and O–H groups in total. The van der Waals surface area contributed by atoms with Crippen LogP contribution < -0.4 is 5.73 Å². The molecule has 1 rings (SSSR count). The number of aromatic nitrogens is 2. The molecule has 96 valence electrons. The number of aliphatic imine (C=N–C) groups is 1. The van der Waals surface area contributed by atoms with Crippen molar-refractivity contribution in [3.63, 3.8) is 0 Å². The van der Waals surface area contributed by atoms with Gasteiger partial charge in [-0.15, -0.1) is 0 Å². The van der Waals surface area contributed by atoms with Gasteiger partial charge in [-0.3, -0.25) is 4.99 Å². The van der Waals surface area contributed by atoms with Gasteiger partial charge in [-0.05, 0) is 18.5 Å². The van der Waals surface area contributed by atoms with E-state index in [1.807, 2.05) is 0 Å². The molecule has 18 heavy (non-hydrogen) atoms. The fourth-order valence-corrected chi connectivity index (χ4v) is 1.63. The second-order valence-electron chi connectivity index (χ2n) is 3.30. The number of esters is 1. The highest BCUT2D eigenvalue weighted by Gasteiger charge is 2.20. The molecule has 0 saturated carbocycles. The lowest BCUT2D eigenvalue weighted by Gasteiger charge is -2.09. The number of allylic oxidation sites excluding steroid dienone is 1. The zero-order valence-corrected chi connectivity index (χ0v) is 11.0. The molecule has 0 aromatic carbocycles. The van der Waals surface area contributed by atoms with Crippen LogP contribution in [0.2, 0.25) is 5.28 Å². The van der Waals surface area contributed by atoms with Gasteiger partial charge in [0, 0.05) is 25.0 Å². The van der Waals surface area contributed by atoms with Crippen LogP contribution in [0, 0.1) is 6.92 Å². The van der Waals surface area contributed by atoms with Crippen LogP contribution in [0.1, 0.15) is 21.7 Å². The number of ether oxygens (including phenoxy) is 1. The molecule has 0 spiro atoms. The highest BCUT2D eigenvalue weighted by molar-refractivity contribution is 6.28. The third-order valence-corrected chi connectivity index (χ3v) is 2.34. The number of hydrogen-bond donors (Lipinski definition) is 1. The molecule has 0 saturated heterocycles. The Balaban J connectivity index is 3.54. The molecule has 0 amide bonds. The van der Waals surface area contributed by atoms with Gasteiger partial charge in [0.15, 0.2) is 0 Å². The molecule has 0 aliphatic rings. The summed E-state index contributed by atoms with van der Waals surface area (Å²) in [5.41, 5.74) is 6.89. The number of rotatable bonds is 3. The highest BCUT2D eigenvalue weighted by Crippen LogP contribution is 2.20.